The van der Waals surface area contributed by atoms with Gasteiger partial charge in [-0.2, -0.15) is 0 Å². The number of aliphatic hydroxyl groups excluding tert-OH is 1. The minimum Gasteiger partial charge on any atom is -0.395 e. The van der Waals surface area contributed by atoms with Gasteiger partial charge in [0.25, 0.3) is 0 Å². The highest BCUT2D eigenvalue weighted by Crippen LogP contribution is 2.24. The Morgan fingerprint density at radius 2 is 2.00 bits per heavy atom. The second-order valence-corrected chi connectivity index (χ2v) is 5.56. The molecule has 1 fully saturated rings. The molecule has 0 bridgehead atoms. The van der Waals surface area contributed by atoms with E-state index in [9.17, 15) is 9.50 Å². The van der Waals surface area contributed by atoms with Crippen LogP contribution in [0.25, 0.3) is 0 Å². The summed E-state index contributed by atoms with van der Waals surface area (Å²) in [7, 11) is 0. The Morgan fingerprint density at radius 1 is 1.26 bits per heavy atom. The summed E-state index contributed by atoms with van der Waals surface area (Å²) in [5, 5.41) is 9.26. The van der Waals surface area contributed by atoms with Crippen LogP contribution in [0.15, 0.2) is 18.2 Å². The molecule has 0 spiro atoms. The zero-order valence-corrected chi connectivity index (χ0v) is 11.7. The van der Waals surface area contributed by atoms with E-state index in [0.29, 0.717) is 12.6 Å². The maximum absolute atomic E-state index is 13.1. The fourth-order valence-electron chi connectivity index (χ4n) is 3.02. The van der Waals surface area contributed by atoms with Gasteiger partial charge in [0.1, 0.15) is 5.82 Å². The van der Waals surface area contributed by atoms with Crippen molar-refractivity contribution in [2.24, 2.45) is 0 Å². The molecule has 3 heteroatoms. The Kier molecular flexibility index (Phi) is 5.34. The zero-order chi connectivity index (χ0) is 13.7. The Morgan fingerprint density at radius 3 is 2.63 bits per heavy atom. The summed E-state index contributed by atoms with van der Waals surface area (Å²) in [4.78, 5) is 2.36. The normalized spacial score (nSPS) is 17.1. The van der Waals surface area contributed by atoms with Gasteiger partial charge in [0.15, 0.2) is 0 Å². The Labute approximate surface area is 115 Å². The maximum Gasteiger partial charge on any atom is 0.123 e. The van der Waals surface area contributed by atoms with Crippen LogP contribution in [-0.2, 0) is 6.54 Å². The van der Waals surface area contributed by atoms with Crippen molar-refractivity contribution < 1.29 is 9.50 Å². The summed E-state index contributed by atoms with van der Waals surface area (Å²) in [6.45, 7) is 3.67. The molecule has 1 aromatic rings. The van der Waals surface area contributed by atoms with Crippen molar-refractivity contribution >= 4 is 0 Å². The molecule has 0 unspecified atom stereocenters. The van der Waals surface area contributed by atoms with Crippen LogP contribution in [0.2, 0.25) is 0 Å². The number of benzene rings is 1. The van der Waals surface area contributed by atoms with E-state index in [2.05, 4.69) is 4.90 Å². The number of nitrogens with zero attached hydrogens (tertiary/aromatic N) is 1. The van der Waals surface area contributed by atoms with Crippen molar-refractivity contribution in [1.82, 2.24) is 4.90 Å². The lowest BCUT2D eigenvalue weighted by molar-refractivity contribution is 0.117. The molecule has 0 heterocycles. The molecule has 2 nitrogen and oxygen atoms in total. The van der Waals surface area contributed by atoms with Crippen molar-refractivity contribution in [3.8, 4) is 0 Å². The van der Waals surface area contributed by atoms with Gasteiger partial charge in [-0.1, -0.05) is 25.3 Å². The molecule has 2 rings (SSSR count). The van der Waals surface area contributed by atoms with E-state index >= 15 is 0 Å². The van der Waals surface area contributed by atoms with Crippen molar-refractivity contribution in [2.45, 2.75) is 51.6 Å². The molecule has 1 aromatic carbocycles. The number of aryl methyl sites for hydroxylation is 1. The van der Waals surface area contributed by atoms with E-state index < -0.39 is 0 Å². The summed E-state index contributed by atoms with van der Waals surface area (Å²) in [6.07, 6.45) is 6.35. The van der Waals surface area contributed by atoms with Gasteiger partial charge in [-0.15, -0.1) is 0 Å². The fraction of sp³-hybridized carbons (Fsp3) is 0.625. The first-order valence-corrected chi connectivity index (χ1v) is 7.30. The topological polar surface area (TPSA) is 23.5 Å². The summed E-state index contributed by atoms with van der Waals surface area (Å²) in [6, 6.07) is 5.57. The molecule has 19 heavy (non-hydrogen) atoms. The van der Waals surface area contributed by atoms with E-state index in [0.717, 1.165) is 12.1 Å². The van der Waals surface area contributed by atoms with Gasteiger partial charge in [-0.3, -0.25) is 4.90 Å². The van der Waals surface area contributed by atoms with Crippen LogP contribution < -0.4 is 0 Å². The fourth-order valence-corrected chi connectivity index (χ4v) is 3.02. The van der Waals surface area contributed by atoms with Crippen LogP contribution in [0.4, 0.5) is 4.39 Å². The summed E-state index contributed by atoms with van der Waals surface area (Å²) in [5.74, 6) is -0.173. The first-order chi connectivity index (χ1) is 9.20. The monoisotopic (exact) mass is 265 g/mol. The summed E-state index contributed by atoms with van der Waals surface area (Å²) >= 11 is 0. The van der Waals surface area contributed by atoms with E-state index in [4.69, 9.17) is 0 Å². The van der Waals surface area contributed by atoms with E-state index in [1.807, 2.05) is 13.0 Å². The molecule has 106 valence electrons. The standard InChI is InChI=1S/C16H24FNO/c1-13-11-15(17)8-7-14(13)12-18(9-10-19)16-5-3-2-4-6-16/h7-8,11,16,19H,2-6,9-10,12H2,1H3. The molecule has 0 aromatic heterocycles. The highest BCUT2D eigenvalue weighted by atomic mass is 19.1. The lowest BCUT2D eigenvalue weighted by Gasteiger charge is -2.34. The Bertz CT molecular complexity index is 402. The molecule has 1 saturated carbocycles. The van der Waals surface area contributed by atoms with Crippen LogP contribution in [-0.4, -0.2) is 29.2 Å². The zero-order valence-electron chi connectivity index (χ0n) is 11.7. The van der Waals surface area contributed by atoms with Crippen LogP contribution >= 0.6 is 0 Å². The van der Waals surface area contributed by atoms with Crippen molar-refractivity contribution in [1.29, 1.82) is 0 Å². The molecule has 1 aliphatic carbocycles. The van der Waals surface area contributed by atoms with Gasteiger partial charge in [0.2, 0.25) is 0 Å². The predicted molar refractivity (Wildman–Crippen MR) is 75.5 cm³/mol. The summed E-state index contributed by atoms with van der Waals surface area (Å²) < 4.78 is 13.1. The minimum atomic E-state index is -0.173. The first kappa shape index (κ1) is 14.5. The third kappa shape index (κ3) is 4.02. The van der Waals surface area contributed by atoms with Gasteiger partial charge < -0.3 is 5.11 Å². The average molecular weight is 265 g/mol. The number of hydrogen-bond donors (Lipinski definition) is 1. The molecule has 0 aliphatic heterocycles. The predicted octanol–water partition coefficient (Wildman–Crippen LogP) is 3.26. The van der Waals surface area contributed by atoms with E-state index in [1.54, 1.807) is 6.07 Å². The number of halogens is 1. The highest BCUT2D eigenvalue weighted by Gasteiger charge is 2.21. The second kappa shape index (κ2) is 7.01. The van der Waals surface area contributed by atoms with Crippen molar-refractivity contribution in [3.05, 3.63) is 35.1 Å². The second-order valence-electron chi connectivity index (χ2n) is 5.56. The van der Waals surface area contributed by atoms with Crippen LogP contribution in [0, 0.1) is 12.7 Å². The number of rotatable bonds is 5. The molecule has 0 atom stereocenters. The largest absolute Gasteiger partial charge is 0.395 e. The van der Waals surface area contributed by atoms with Gasteiger partial charge >= 0.3 is 0 Å². The van der Waals surface area contributed by atoms with E-state index in [-0.39, 0.29) is 12.4 Å². The molecular weight excluding hydrogens is 241 g/mol. The van der Waals surface area contributed by atoms with Crippen LogP contribution in [0.1, 0.15) is 43.2 Å². The third-order valence-electron chi connectivity index (χ3n) is 4.16. The number of hydrogen-bond acceptors (Lipinski definition) is 2. The van der Waals surface area contributed by atoms with Crippen molar-refractivity contribution in [2.75, 3.05) is 13.2 Å². The van der Waals surface area contributed by atoms with Gasteiger partial charge in [0.05, 0.1) is 6.61 Å². The molecule has 1 N–H and O–H groups in total. The highest BCUT2D eigenvalue weighted by molar-refractivity contribution is 5.26. The van der Waals surface area contributed by atoms with Crippen LogP contribution in [0.3, 0.4) is 0 Å². The van der Waals surface area contributed by atoms with Crippen molar-refractivity contribution in [3.63, 3.8) is 0 Å². The van der Waals surface area contributed by atoms with E-state index in [1.165, 1.54) is 43.7 Å². The third-order valence-corrected chi connectivity index (χ3v) is 4.16. The minimum absolute atomic E-state index is 0.173. The lowest BCUT2D eigenvalue weighted by Crippen LogP contribution is -2.38. The number of aliphatic hydroxyl groups is 1. The van der Waals surface area contributed by atoms with Gasteiger partial charge in [0, 0.05) is 19.1 Å². The van der Waals surface area contributed by atoms with Gasteiger partial charge in [-0.05, 0) is 43.0 Å². The van der Waals surface area contributed by atoms with Gasteiger partial charge in [-0.25, -0.2) is 4.39 Å². The smallest absolute Gasteiger partial charge is 0.123 e. The molecule has 0 radical (unpaired) electrons. The summed E-state index contributed by atoms with van der Waals surface area (Å²) in [5.41, 5.74) is 2.17. The molecule has 0 saturated heterocycles. The molecular formula is C16H24FNO. The Hall–Kier alpha value is -0.930. The molecule has 1 aliphatic rings. The maximum atomic E-state index is 13.1. The lowest BCUT2D eigenvalue weighted by atomic mass is 9.93. The van der Waals surface area contributed by atoms with Crippen LogP contribution in [0.5, 0.6) is 0 Å². The average Bonchev–Trinajstić information content (AvgIpc) is 2.42. The Balaban J connectivity index is 2.06. The first-order valence-electron chi connectivity index (χ1n) is 7.30. The quantitative estimate of drug-likeness (QED) is 0.883. The SMILES string of the molecule is Cc1cc(F)ccc1CN(CCO)C1CCCCC1. The molecule has 0 amide bonds.